The van der Waals surface area contributed by atoms with E-state index in [4.69, 9.17) is 66.3 Å². The van der Waals surface area contributed by atoms with Crippen LogP contribution < -0.4 is 0 Å². The summed E-state index contributed by atoms with van der Waals surface area (Å²) in [5, 5.41) is 19.6. The van der Waals surface area contributed by atoms with E-state index in [9.17, 15) is 142 Å². The predicted octanol–water partition coefficient (Wildman–Crippen LogP) is 16.9. The maximum atomic E-state index is 13.3. The number of carbonyl (C=O) groups is 11. The van der Waals surface area contributed by atoms with Gasteiger partial charge in [0.25, 0.3) is 5.60 Å². The van der Waals surface area contributed by atoms with E-state index in [-0.39, 0.29) is 87.6 Å². The first-order chi connectivity index (χ1) is 65.8. The molecule has 0 radical (unpaired) electrons. The van der Waals surface area contributed by atoms with Gasteiger partial charge in [0.15, 0.2) is 73.0 Å². The second-order valence-electron chi connectivity index (χ2n) is 44.6. The fraction of sp³-hybridized carbons (Fsp3) is 0.885. The lowest BCUT2D eigenvalue weighted by Gasteiger charge is -2.59. The molecule has 9 aliphatic carbocycles. The molecule has 7 saturated heterocycles. The highest BCUT2D eigenvalue weighted by Gasteiger charge is 2.77. The van der Waals surface area contributed by atoms with E-state index in [0.717, 1.165) is 32.1 Å². The zero-order chi connectivity index (χ0) is 108. The van der Waals surface area contributed by atoms with Crippen molar-refractivity contribution in [3.63, 3.8) is 0 Å². The Kier molecular flexibility index (Phi) is 33.9. The van der Waals surface area contributed by atoms with Gasteiger partial charge in [0.1, 0.15) is 36.1 Å². The van der Waals surface area contributed by atoms with Gasteiger partial charge in [0, 0.05) is 49.4 Å². The van der Waals surface area contributed by atoms with Crippen LogP contribution in [-0.4, -0.2) is 240 Å². The molecule has 7 aliphatic heterocycles. The molecule has 9 saturated carbocycles. The van der Waals surface area contributed by atoms with Crippen LogP contribution in [0.3, 0.4) is 0 Å². The van der Waals surface area contributed by atoms with E-state index in [0.29, 0.717) is 37.5 Å². The van der Waals surface area contributed by atoms with Crippen LogP contribution in [-0.2, 0) is 133 Å². The summed E-state index contributed by atoms with van der Waals surface area (Å²) in [7, 11) is 0. The van der Waals surface area contributed by atoms with Crippen molar-refractivity contribution in [2.45, 2.75) is 430 Å². The van der Waals surface area contributed by atoms with Crippen LogP contribution in [0.2, 0.25) is 0 Å². The van der Waals surface area contributed by atoms with Crippen molar-refractivity contribution in [3.05, 3.63) is 0 Å². The highest BCUT2D eigenvalue weighted by molar-refractivity contribution is 5.88. The van der Waals surface area contributed by atoms with Crippen LogP contribution in [0.1, 0.15) is 273 Å². The van der Waals surface area contributed by atoms with Gasteiger partial charge in [-0.05, 0) is 236 Å². The molecular formula is C96H132F18O30. The molecular weight excluding hydrogens is 1970 g/mol. The Morgan fingerprint density at radius 2 is 0.764 bits per heavy atom. The summed E-state index contributed by atoms with van der Waals surface area (Å²) in [5.74, 6) is -15.9. The highest BCUT2D eigenvalue weighted by atomic mass is 19.4. The quantitative estimate of drug-likeness (QED) is 0.0545. The number of aliphatic hydroxyl groups is 2. The summed E-state index contributed by atoms with van der Waals surface area (Å²) < 4.78 is 326. The number of hydrogen-bond acceptors (Lipinski definition) is 30. The summed E-state index contributed by atoms with van der Waals surface area (Å²) >= 11 is 0. The summed E-state index contributed by atoms with van der Waals surface area (Å²) in [6, 6.07) is 0. The summed E-state index contributed by atoms with van der Waals surface area (Å²) in [4.78, 5) is 135. The average Bonchev–Trinajstić information content (AvgIpc) is 1.32. The van der Waals surface area contributed by atoms with Gasteiger partial charge in [0.2, 0.25) is 12.2 Å². The fourth-order valence-electron chi connectivity index (χ4n) is 21.3. The number of alkyl halides is 18. The number of esters is 11. The normalized spacial score (nSPS) is 36.0. The lowest BCUT2D eigenvalue weighted by atomic mass is 9.50. The van der Waals surface area contributed by atoms with E-state index in [1.165, 1.54) is 46.0 Å². The first kappa shape index (κ1) is 117. The van der Waals surface area contributed by atoms with Crippen molar-refractivity contribution < 1.29 is 223 Å². The second kappa shape index (κ2) is 41.7. The number of rotatable bonds is 23. The maximum absolute atomic E-state index is 13.3. The lowest BCUT2D eigenvalue weighted by molar-refractivity contribution is -0.391. The first-order valence-electron chi connectivity index (χ1n) is 49.0. The molecule has 12 unspecified atom stereocenters. The molecule has 0 aromatic rings. The standard InChI is InChI=1S/2C22H29F3O9.C18H25F9O4.C17H21F3O6.C17H28O2/c2*1-5-20(3,4)19(28)32-14-12-13(30-17(14)27)15-18(31-12)34-21(33-15)8-6-11(7-9-21)16(26)29-10(2)22(23,24)25;1-5-13(2,3)12(28)31-11-7-9(14(4,29)16(19,20)21)6-10(8-11)15(30,17(22,23)24)18(25,26)27;1-4-16(2,3)15(23)26-12-7-5-8-10(14(22)25-11(8)12)9(7)13(21)24-6-17(18,19)20;1-5-16(2,3)15(18)19-17(4)13-7-11-6-12(9-13)10-14(17)8-11/h2*10-15,18H,5-9H2,1-4H3;9-11,29-30H,5-8H2,1-4H3;7-12H,4-6H2,1-3H3;11-14H,5-10H2,1-4H3/t2*10?,11?,12-,13-,14-,15+,18+,21?;;;/m00.../s1. The molecule has 16 aliphatic rings. The Morgan fingerprint density at radius 1 is 0.403 bits per heavy atom. The number of fused-ring (bicyclic) bond motifs is 7. The van der Waals surface area contributed by atoms with Crippen LogP contribution in [0, 0.1) is 98.1 Å². The van der Waals surface area contributed by atoms with Gasteiger partial charge in [-0.3, -0.25) is 43.2 Å². The number of hydrogen-bond donors (Lipinski definition) is 2. The maximum Gasteiger partial charge on any atom is 0.426 e. The Balaban J connectivity index is 0.000000174. The van der Waals surface area contributed by atoms with Crippen molar-refractivity contribution in [2.24, 2.45) is 98.1 Å². The van der Waals surface area contributed by atoms with E-state index in [2.05, 4.69) is 28.1 Å². The van der Waals surface area contributed by atoms with Crippen molar-refractivity contribution >= 4 is 65.7 Å². The average molecular weight is 2110 g/mol. The van der Waals surface area contributed by atoms with Crippen LogP contribution >= 0.6 is 0 Å². The third-order valence-electron chi connectivity index (χ3n) is 32.9. The monoisotopic (exact) mass is 2110 g/mol. The highest BCUT2D eigenvalue weighted by Crippen LogP contribution is 2.63. The number of ether oxygens (including phenoxy) is 17. The Hall–Kier alpha value is -7.41. The summed E-state index contributed by atoms with van der Waals surface area (Å²) in [6.07, 6.45) is -40.6. The van der Waals surface area contributed by atoms with E-state index in [1.807, 2.05) is 34.6 Å². The van der Waals surface area contributed by atoms with Crippen molar-refractivity contribution in [2.75, 3.05) is 6.61 Å². The van der Waals surface area contributed by atoms with Crippen molar-refractivity contribution in [1.82, 2.24) is 0 Å². The summed E-state index contributed by atoms with van der Waals surface area (Å²) in [6.45, 7) is 28.5. The van der Waals surface area contributed by atoms with Gasteiger partial charge in [-0.25, -0.2) is 9.59 Å². The molecule has 2 N–H and O–H groups in total. The van der Waals surface area contributed by atoms with Crippen molar-refractivity contribution in [3.8, 4) is 0 Å². The molecule has 16 rings (SSSR count). The SMILES string of the molecule is CCC(C)(C)C(=O)OC1(C)C2CC3CC(C2)CC1C3.CCC(C)(C)C(=O)OC1C2CC3C1OC(=O)C3C2C(=O)OCC(F)(F)F.CCC(C)(C)C(=O)OC1CC(C(C)(O)C(F)(F)F)CC(C(O)(C(F)(F)F)C(F)(F)F)C1.CCC(C)(C)C(=O)O[C@@H]1C(=O)O[C@@H]2[C@H]3OC4(CCC(C(=O)OC(C)C(F)(F)F)CC4)O[C@H]3O[C@@H]21.CCC(C)(C)C(=O)O[C@@H]1C(=O)O[C@@H]2[C@H]3OC4(CCC(C(=O)OC(C)C(F)(F)F)CC4)O[C@H]3O[C@@H]21. The Morgan fingerprint density at radius 3 is 1.12 bits per heavy atom. The molecule has 7 heterocycles. The topological polar surface area (TPSA) is 385 Å². The smallest absolute Gasteiger partial charge is 0.426 e. The van der Waals surface area contributed by atoms with Gasteiger partial charge in [0.05, 0.1) is 50.7 Å². The van der Waals surface area contributed by atoms with E-state index in [1.54, 1.807) is 48.5 Å². The summed E-state index contributed by atoms with van der Waals surface area (Å²) in [5.41, 5.74) is -13.1. The molecule has 144 heavy (non-hydrogen) atoms. The van der Waals surface area contributed by atoms with Gasteiger partial charge >= 0.3 is 103 Å². The van der Waals surface area contributed by atoms with Crippen LogP contribution in [0.5, 0.6) is 0 Å². The van der Waals surface area contributed by atoms with Gasteiger partial charge in [-0.15, -0.1) is 0 Å². The van der Waals surface area contributed by atoms with Crippen LogP contribution in [0.4, 0.5) is 79.0 Å². The molecule has 0 aromatic heterocycles. The Labute approximate surface area is 820 Å². The number of halogens is 18. The molecule has 6 bridgehead atoms. The van der Waals surface area contributed by atoms with Crippen LogP contribution in [0.15, 0.2) is 0 Å². The van der Waals surface area contributed by atoms with Gasteiger partial charge in [-0.1, -0.05) is 34.6 Å². The third-order valence-corrected chi connectivity index (χ3v) is 32.9. The number of carbonyl (C=O) groups excluding carboxylic acids is 11. The molecule has 16 fully saturated rings. The lowest BCUT2D eigenvalue weighted by Crippen LogP contribution is -2.64. The minimum atomic E-state index is -6.28. The molecule has 48 heteroatoms. The fourth-order valence-corrected chi connectivity index (χ4v) is 21.3. The minimum Gasteiger partial charge on any atom is -0.462 e. The zero-order valence-electron chi connectivity index (χ0n) is 83.5. The minimum absolute atomic E-state index is 0.0185. The second-order valence-corrected chi connectivity index (χ2v) is 44.6. The third kappa shape index (κ3) is 24.1. The molecule has 22 atom stereocenters. The predicted molar refractivity (Wildman–Crippen MR) is 453 cm³/mol. The molecule has 2 spiro atoms. The molecule has 0 amide bonds. The largest absolute Gasteiger partial charge is 0.462 e. The van der Waals surface area contributed by atoms with Gasteiger partial charge in [-0.2, -0.15) is 79.0 Å². The zero-order valence-corrected chi connectivity index (χ0v) is 83.5. The van der Waals surface area contributed by atoms with Crippen molar-refractivity contribution in [1.29, 1.82) is 0 Å². The van der Waals surface area contributed by atoms with E-state index >= 15 is 0 Å². The first-order valence-corrected chi connectivity index (χ1v) is 49.0. The van der Waals surface area contributed by atoms with Crippen LogP contribution in [0.25, 0.3) is 0 Å². The molecule has 822 valence electrons. The van der Waals surface area contributed by atoms with E-state index < -0.39 is 300 Å². The molecule has 30 nitrogen and oxygen atoms in total. The molecule has 0 aromatic carbocycles. The Bertz CT molecular complexity index is 4460. The van der Waals surface area contributed by atoms with Gasteiger partial charge < -0.3 is 90.7 Å².